The minimum atomic E-state index is 0.0997. The van der Waals surface area contributed by atoms with E-state index in [-0.39, 0.29) is 6.04 Å². The van der Waals surface area contributed by atoms with Gasteiger partial charge in [0.1, 0.15) is 0 Å². The van der Waals surface area contributed by atoms with Gasteiger partial charge in [0.05, 0.1) is 27.4 Å². The molecule has 2 heterocycles. The van der Waals surface area contributed by atoms with Crippen LogP contribution in [-0.4, -0.2) is 9.97 Å². The molecule has 2 aromatic rings. The quantitative estimate of drug-likeness (QED) is 0.659. The molecule has 0 spiro atoms. The van der Waals surface area contributed by atoms with E-state index in [0.717, 1.165) is 27.8 Å². The molecular weight excluding hydrogens is 252 g/mol. The average Bonchev–Trinajstić information content (AvgIpc) is 2.82. The summed E-state index contributed by atoms with van der Waals surface area (Å²) in [6.07, 6.45) is 0.809. The van der Waals surface area contributed by atoms with Gasteiger partial charge in [-0.25, -0.2) is 9.97 Å². The van der Waals surface area contributed by atoms with Crippen molar-refractivity contribution < 1.29 is 0 Å². The summed E-state index contributed by atoms with van der Waals surface area (Å²) in [6.45, 7) is 6.05. The van der Waals surface area contributed by atoms with Crippen LogP contribution >= 0.6 is 22.7 Å². The van der Waals surface area contributed by atoms with Gasteiger partial charge in [0, 0.05) is 16.7 Å². The normalized spacial score (nSPS) is 12.9. The van der Waals surface area contributed by atoms with Crippen LogP contribution in [0.4, 0.5) is 0 Å². The lowest BCUT2D eigenvalue weighted by atomic mass is 10.1. The van der Waals surface area contributed by atoms with Crippen LogP contribution in [0, 0.1) is 20.8 Å². The van der Waals surface area contributed by atoms with Gasteiger partial charge in [0.2, 0.25) is 0 Å². The van der Waals surface area contributed by atoms with Crippen LogP contribution in [0.5, 0.6) is 0 Å². The molecule has 0 aliphatic heterocycles. The number of aromatic nitrogens is 2. The van der Waals surface area contributed by atoms with Crippen molar-refractivity contribution >= 4 is 22.7 Å². The maximum absolute atomic E-state index is 5.64. The highest BCUT2D eigenvalue weighted by Crippen LogP contribution is 2.27. The van der Waals surface area contributed by atoms with Crippen LogP contribution in [-0.2, 0) is 6.42 Å². The predicted molar refractivity (Wildman–Crippen MR) is 72.2 cm³/mol. The largest absolute Gasteiger partial charge is 0.271 e. The second-order valence-corrected chi connectivity index (χ2v) is 6.26. The third kappa shape index (κ3) is 2.90. The standard InChI is InChI=1S/C11H16N4S2/c1-6-11(17-8(3)13-6)10(15-12)4-9-5-16-7(2)14-9/h5,10,15H,4,12H2,1-3H3. The van der Waals surface area contributed by atoms with Gasteiger partial charge in [-0.15, -0.1) is 22.7 Å². The molecule has 0 bridgehead atoms. The first-order chi connectivity index (χ1) is 8.10. The topological polar surface area (TPSA) is 63.8 Å². The second kappa shape index (κ2) is 5.22. The minimum Gasteiger partial charge on any atom is -0.271 e. The maximum Gasteiger partial charge on any atom is 0.0900 e. The van der Waals surface area contributed by atoms with E-state index in [1.165, 1.54) is 4.88 Å². The first kappa shape index (κ1) is 12.6. The highest BCUT2D eigenvalue weighted by molar-refractivity contribution is 7.11. The monoisotopic (exact) mass is 268 g/mol. The number of thiazole rings is 2. The van der Waals surface area contributed by atoms with Gasteiger partial charge < -0.3 is 0 Å². The van der Waals surface area contributed by atoms with Crippen molar-refractivity contribution in [2.24, 2.45) is 5.84 Å². The fraction of sp³-hybridized carbons (Fsp3) is 0.455. The fourth-order valence-corrected chi connectivity index (χ4v) is 3.42. The van der Waals surface area contributed by atoms with E-state index < -0.39 is 0 Å². The molecule has 1 unspecified atom stereocenters. The number of hydrogen-bond acceptors (Lipinski definition) is 6. The molecule has 2 rings (SSSR count). The third-order valence-electron chi connectivity index (χ3n) is 2.54. The molecule has 3 N–H and O–H groups in total. The van der Waals surface area contributed by atoms with E-state index in [1.54, 1.807) is 22.7 Å². The minimum absolute atomic E-state index is 0.0997. The summed E-state index contributed by atoms with van der Waals surface area (Å²) in [7, 11) is 0. The Kier molecular flexibility index (Phi) is 3.88. The zero-order chi connectivity index (χ0) is 12.4. The summed E-state index contributed by atoms with van der Waals surface area (Å²) < 4.78 is 0. The number of aryl methyl sites for hydroxylation is 3. The highest BCUT2D eigenvalue weighted by Gasteiger charge is 2.17. The number of nitrogens with zero attached hydrogens (tertiary/aromatic N) is 2. The molecule has 6 heteroatoms. The van der Waals surface area contributed by atoms with Gasteiger partial charge in [0.15, 0.2) is 0 Å². The lowest BCUT2D eigenvalue weighted by Gasteiger charge is -2.13. The van der Waals surface area contributed by atoms with Gasteiger partial charge in [-0.05, 0) is 20.8 Å². The zero-order valence-electron chi connectivity index (χ0n) is 10.2. The van der Waals surface area contributed by atoms with E-state index in [1.807, 2.05) is 20.8 Å². The second-order valence-electron chi connectivity index (χ2n) is 3.96. The fourth-order valence-electron chi connectivity index (χ4n) is 1.81. The van der Waals surface area contributed by atoms with Gasteiger partial charge in [-0.3, -0.25) is 11.3 Å². The Bertz CT molecular complexity index is 503. The van der Waals surface area contributed by atoms with Crippen LogP contribution in [0.15, 0.2) is 5.38 Å². The summed E-state index contributed by atoms with van der Waals surface area (Å²) >= 11 is 3.36. The molecule has 0 aliphatic carbocycles. The molecule has 0 aromatic carbocycles. The first-order valence-electron chi connectivity index (χ1n) is 5.41. The van der Waals surface area contributed by atoms with Gasteiger partial charge in [-0.2, -0.15) is 0 Å². The molecule has 0 saturated carbocycles. The van der Waals surface area contributed by atoms with E-state index in [4.69, 9.17) is 5.84 Å². The molecule has 0 amide bonds. The molecule has 92 valence electrons. The van der Waals surface area contributed by atoms with Crippen molar-refractivity contribution in [1.29, 1.82) is 0 Å². The third-order valence-corrected chi connectivity index (χ3v) is 4.55. The Balaban J connectivity index is 2.19. The first-order valence-corrected chi connectivity index (χ1v) is 7.11. The number of nitrogens with two attached hydrogens (primary N) is 1. The van der Waals surface area contributed by atoms with E-state index in [9.17, 15) is 0 Å². The average molecular weight is 268 g/mol. The van der Waals surface area contributed by atoms with E-state index in [2.05, 4.69) is 20.8 Å². The molecule has 2 aromatic heterocycles. The van der Waals surface area contributed by atoms with Crippen LogP contribution in [0.3, 0.4) is 0 Å². The van der Waals surface area contributed by atoms with Crippen molar-refractivity contribution in [3.63, 3.8) is 0 Å². The number of rotatable bonds is 4. The number of hydrazine groups is 1. The Morgan fingerprint density at radius 2 is 2.06 bits per heavy atom. The van der Waals surface area contributed by atoms with Crippen molar-refractivity contribution in [3.8, 4) is 0 Å². The van der Waals surface area contributed by atoms with Crippen molar-refractivity contribution in [2.45, 2.75) is 33.2 Å². The predicted octanol–water partition coefficient (Wildman–Crippen LogP) is 2.27. The summed E-state index contributed by atoms with van der Waals surface area (Å²) in [5.41, 5.74) is 5.01. The summed E-state index contributed by atoms with van der Waals surface area (Å²) in [5, 5.41) is 4.25. The molecule has 0 radical (unpaired) electrons. The van der Waals surface area contributed by atoms with Crippen LogP contribution in [0.25, 0.3) is 0 Å². The molecule has 4 nitrogen and oxygen atoms in total. The van der Waals surface area contributed by atoms with Crippen molar-refractivity contribution in [3.05, 3.63) is 31.7 Å². The Morgan fingerprint density at radius 1 is 1.29 bits per heavy atom. The molecule has 0 aliphatic rings. The SMILES string of the molecule is Cc1nc(CC(NN)c2sc(C)nc2C)cs1. The maximum atomic E-state index is 5.64. The zero-order valence-corrected chi connectivity index (χ0v) is 11.8. The smallest absolute Gasteiger partial charge is 0.0900 e. The lowest BCUT2D eigenvalue weighted by Crippen LogP contribution is -2.29. The summed E-state index contributed by atoms with van der Waals surface area (Å²) in [6, 6.07) is 0.0997. The van der Waals surface area contributed by atoms with Gasteiger partial charge in [0.25, 0.3) is 0 Å². The summed E-state index contributed by atoms with van der Waals surface area (Å²) in [4.78, 5) is 10.1. The molecule has 0 saturated heterocycles. The van der Waals surface area contributed by atoms with Crippen LogP contribution in [0.1, 0.15) is 32.3 Å². The molecule has 17 heavy (non-hydrogen) atoms. The molecular formula is C11H16N4S2. The number of hydrogen-bond donors (Lipinski definition) is 2. The Morgan fingerprint density at radius 3 is 2.53 bits per heavy atom. The lowest BCUT2D eigenvalue weighted by molar-refractivity contribution is 0.552. The Labute approximate surface area is 109 Å². The van der Waals surface area contributed by atoms with Crippen molar-refractivity contribution in [2.75, 3.05) is 0 Å². The van der Waals surface area contributed by atoms with Crippen molar-refractivity contribution in [1.82, 2.24) is 15.4 Å². The Hall–Kier alpha value is -0.820. The summed E-state index contributed by atoms with van der Waals surface area (Å²) in [5.74, 6) is 5.64. The number of nitrogens with one attached hydrogen (secondary N) is 1. The van der Waals surface area contributed by atoms with Gasteiger partial charge >= 0.3 is 0 Å². The highest BCUT2D eigenvalue weighted by atomic mass is 32.1. The van der Waals surface area contributed by atoms with E-state index >= 15 is 0 Å². The van der Waals surface area contributed by atoms with Crippen LogP contribution in [0.2, 0.25) is 0 Å². The van der Waals surface area contributed by atoms with Crippen LogP contribution < -0.4 is 11.3 Å². The van der Waals surface area contributed by atoms with Gasteiger partial charge in [-0.1, -0.05) is 0 Å². The molecule has 0 fully saturated rings. The molecule has 1 atom stereocenters. The van der Waals surface area contributed by atoms with E-state index in [0.29, 0.717) is 0 Å².